The highest BCUT2D eigenvalue weighted by molar-refractivity contribution is 6.31. The molecular formula is C28H29ClF2N4O6. The van der Waals surface area contributed by atoms with Crippen LogP contribution < -0.4 is 20.1 Å². The van der Waals surface area contributed by atoms with Gasteiger partial charge in [0.05, 0.1) is 29.1 Å². The molecule has 0 fully saturated rings. The van der Waals surface area contributed by atoms with Gasteiger partial charge in [0.25, 0.3) is 11.5 Å². The molecule has 10 nitrogen and oxygen atoms in total. The quantitative estimate of drug-likeness (QED) is 0.430. The number of ether oxygens (including phenoxy) is 1. The van der Waals surface area contributed by atoms with Crippen molar-refractivity contribution in [3.63, 3.8) is 0 Å². The highest BCUT2D eigenvalue weighted by Gasteiger charge is 2.40. The van der Waals surface area contributed by atoms with Crippen molar-refractivity contribution in [2.45, 2.75) is 58.8 Å². The van der Waals surface area contributed by atoms with Crippen LogP contribution >= 0.6 is 11.6 Å². The number of carbonyl (C=O) groups excluding carboxylic acids is 2. The van der Waals surface area contributed by atoms with Crippen LogP contribution in [-0.4, -0.2) is 49.4 Å². The summed E-state index contributed by atoms with van der Waals surface area (Å²) < 4.78 is 33.8. The zero-order valence-electron chi connectivity index (χ0n) is 23.0. The first-order valence-electron chi connectivity index (χ1n) is 12.6. The highest BCUT2D eigenvalue weighted by Crippen LogP contribution is 2.39. The van der Waals surface area contributed by atoms with Crippen molar-refractivity contribution in [1.29, 1.82) is 0 Å². The maximum absolute atomic E-state index is 14.0. The molecule has 13 heteroatoms. The third kappa shape index (κ3) is 6.24. The number of anilines is 2. The summed E-state index contributed by atoms with van der Waals surface area (Å²) in [4.78, 5) is 46.2. The molecule has 0 atom stereocenters. The standard InChI is InChI=1S/C28H29ClF2N4O6/c1-15-32-24(41-13-16-6-7-17(30)10-19(16)31)23(29)25(37)35(15)18-8-9-20-21(11-18)34(26(38)28(4,5)40)14-33(20)22(36)12-27(2,3)39/h6-11,39-40H,12-14H2,1-5H3. The van der Waals surface area contributed by atoms with Crippen LogP contribution in [0.2, 0.25) is 5.02 Å². The SMILES string of the molecule is Cc1nc(OCc2ccc(F)cc2F)c(Cl)c(=O)n1-c1ccc2c(c1)N(C(=O)C(C)(C)O)CN2C(=O)CC(C)(C)O. The molecule has 0 aliphatic carbocycles. The maximum Gasteiger partial charge on any atom is 0.280 e. The van der Waals surface area contributed by atoms with Crippen molar-refractivity contribution in [3.05, 3.63) is 74.8 Å². The summed E-state index contributed by atoms with van der Waals surface area (Å²) >= 11 is 6.29. The Morgan fingerprint density at radius 3 is 2.34 bits per heavy atom. The van der Waals surface area contributed by atoms with E-state index in [1.165, 1.54) is 73.3 Å². The molecule has 0 saturated carbocycles. The van der Waals surface area contributed by atoms with Gasteiger partial charge < -0.3 is 14.9 Å². The van der Waals surface area contributed by atoms with E-state index in [0.717, 1.165) is 6.07 Å². The van der Waals surface area contributed by atoms with E-state index in [1.807, 2.05) is 0 Å². The lowest BCUT2D eigenvalue weighted by atomic mass is 10.0. The van der Waals surface area contributed by atoms with Crippen molar-refractivity contribution in [2.24, 2.45) is 0 Å². The highest BCUT2D eigenvalue weighted by atomic mass is 35.5. The number of nitrogens with zero attached hydrogens (tertiary/aromatic N) is 4. The van der Waals surface area contributed by atoms with Crippen LogP contribution in [0.1, 0.15) is 45.5 Å². The Morgan fingerprint density at radius 2 is 1.73 bits per heavy atom. The second-order valence-corrected chi connectivity index (χ2v) is 11.2. The van der Waals surface area contributed by atoms with Gasteiger partial charge in [-0.05, 0) is 65.0 Å². The number of hydrogen-bond donors (Lipinski definition) is 2. The molecule has 2 heterocycles. The number of aliphatic hydroxyl groups is 2. The minimum Gasteiger partial charge on any atom is -0.471 e. The molecule has 4 rings (SSSR count). The lowest BCUT2D eigenvalue weighted by Crippen LogP contribution is -2.48. The Kier molecular flexibility index (Phi) is 7.96. The lowest BCUT2D eigenvalue weighted by molar-refractivity contribution is -0.133. The van der Waals surface area contributed by atoms with E-state index < -0.39 is 45.2 Å². The van der Waals surface area contributed by atoms with Crippen molar-refractivity contribution in [2.75, 3.05) is 16.5 Å². The molecule has 218 valence electrons. The van der Waals surface area contributed by atoms with E-state index in [-0.39, 0.29) is 48.3 Å². The first-order chi connectivity index (χ1) is 19.0. The molecule has 1 aromatic heterocycles. The predicted molar refractivity (Wildman–Crippen MR) is 147 cm³/mol. The van der Waals surface area contributed by atoms with Gasteiger partial charge in [-0.3, -0.25) is 28.8 Å². The normalized spacial score (nSPS) is 13.4. The summed E-state index contributed by atoms with van der Waals surface area (Å²) in [6.07, 6.45) is -0.222. The fraction of sp³-hybridized carbons (Fsp3) is 0.357. The lowest BCUT2D eigenvalue weighted by Gasteiger charge is -2.26. The van der Waals surface area contributed by atoms with E-state index in [9.17, 15) is 33.4 Å². The Morgan fingerprint density at radius 1 is 1.05 bits per heavy atom. The van der Waals surface area contributed by atoms with Gasteiger partial charge in [0.2, 0.25) is 11.8 Å². The van der Waals surface area contributed by atoms with Gasteiger partial charge in [-0.2, -0.15) is 4.98 Å². The average molecular weight is 591 g/mol. The number of benzene rings is 2. The van der Waals surface area contributed by atoms with E-state index in [0.29, 0.717) is 11.8 Å². The molecule has 0 unspecified atom stereocenters. The van der Waals surface area contributed by atoms with Gasteiger partial charge in [0.15, 0.2) is 5.02 Å². The zero-order chi connectivity index (χ0) is 30.4. The number of carbonyl (C=O) groups is 2. The largest absolute Gasteiger partial charge is 0.471 e. The van der Waals surface area contributed by atoms with Crippen LogP contribution in [0.4, 0.5) is 20.2 Å². The second-order valence-electron chi connectivity index (χ2n) is 10.9. The molecule has 0 spiro atoms. The summed E-state index contributed by atoms with van der Waals surface area (Å²) in [6.45, 7) is 6.54. The van der Waals surface area contributed by atoms with Crippen molar-refractivity contribution < 1.29 is 33.3 Å². The first kappa shape index (κ1) is 30.1. The number of rotatable bonds is 7. The molecule has 2 amide bonds. The molecule has 0 saturated heterocycles. The zero-order valence-corrected chi connectivity index (χ0v) is 23.8. The topological polar surface area (TPSA) is 125 Å². The number of amides is 2. The summed E-state index contributed by atoms with van der Waals surface area (Å²) in [5.74, 6) is -2.83. The summed E-state index contributed by atoms with van der Waals surface area (Å²) in [5, 5.41) is 20.2. The molecule has 41 heavy (non-hydrogen) atoms. The van der Waals surface area contributed by atoms with Gasteiger partial charge in [-0.1, -0.05) is 11.6 Å². The number of hydrogen-bond acceptors (Lipinski definition) is 7. The molecule has 0 bridgehead atoms. The summed E-state index contributed by atoms with van der Waals surface area (Å²) in [5.41, 5.74) is -2.93. The fourth-order valence-corrected chi connectivity index (χ4v) is 4.52. The van der Waals surface area contributed by atoms with Gasteiger partial charge in [0.1, 0.15) is 36.3 Å². The Bertz CT molecular complexity index is 1600. The average Bonchev–Trinajstić information content (AvgIpc) is 3.23. The smallest absolute Gasteiger partial charge is 0.280 e. The Balaban J connectivity index is 1.73. The number of fused-ring (bicyclic) bond motifs is 1. The molecule has 2 N–H and O–H groups in total. The fourth-order valence-electron chi connectivity index (χ4n) is 4.34. The van der Waals surface area contributed by atoms with Gasteiger partial charge in [0, 0.05) is 11.6 Å². The number of aromatic nitrogens is 2. The van der Waals surface area contributed by atoms with Crippen LogP contribution in [0, 0.1) is 18.6 Å². The molecule has 3 aromatic rings. The van der Waals surface area contributed by atoms with E-state index in [4.69, 9.17) is 16.3 Å². The van der Waals surface area contributed by atoms with E-state index >= 15 is 0 Å². The molecule has 2 aromatic carbocycles. The van der Waals surface area contributed by atoms with Gasteiger partial charge in [-0.25, -0.2) is 8.78 Å². The third-order valence-corrected chi connectivity index (χ3v) is 6.60. The van der Waals surface area contributed by atoms with Gasteiger partial charge in [-0.15, -0.1) is 0 Å². The van der Waals surface area contributed by atoms with Crippen molar-refractivity contribution in [3.8, 4) is 11.6 Å². The third-order valence-electron chi connectivity index (χ3n) is 6.28. The minimum atomic E-state index is -1.77. The summed E-state index contributed by atoms with van der Waals surface area (Å²) in [7, 11) is 0. The monoisotopic (exact) mass is 590 g/mol. The predicted octanol–water partition coefficient (Wildman–Crippen LogP) is 3.62. The van der Waals surface area contributed by atoms with Crippen LogP contribution in [0.15, 0.2) is 41.2 Å². The van der Waals surface area contributed by atoms with Crippen molar-refractivity contribution >= 4 is 34.8 Å². The first-order valence-corrected chi connectivity index (χ1v) is 12.9. The van der Waals surface area contributed by atoms with Crippen molar-refractivity contribution in [1.82, 2.24) is 9.55 Å². The van der Waals surface area contributed by atoms with Crippen LogP contribution in [0.3, 0.4) is 0 Å². The Hall–Kier alpha value is -3.87. The second kappa shape index (κ2) is 10.8. The maximum atomic E-state index is 14.0. The summed E-state index contributed by atoms with van der Waals surface area (Å²) in [6, 6.07) is 7.52. The number of aryl methyl sites for hydroxylation is 1. The van der Waals surface area contributed by atoms with Gasteiger partial charge >= 0.3 is 0 Å². The Labute approximate surface area is 239 Å². The van der Waals surface area contributed by atoms with Crippen LogP contribution in [-0.2, 0) is 16.2 Å². The molecule has 1 aliphatic rings. The van der Waals surface area contributed by atoms with E-state index in [1.54, 1.807) is 0 Å². The molecule has 1 aliphatic heterocycles. The number of halogens is 3. The molecule has 0 radical (unpaired) electrons. The van der Waals surface area contributed by atoms with E-state index in [2.05, 4.69) is 4.98 Å². The van der Waals surface area contributed by atoms with Crippen LogP contribution in [0.5, 0.6) is 5.88 Å². The van der Waals surface area contributed by atoms with Crippen LogP contribution in [0.25, 0.3) is 5.69 Å². The molecular weight excluding hydrogens is 562 g/mol. The minimum absolute atomic E-state index is 0.0324.